The van der Waals surface area contributed by atoms with E-state index in [1.165, 1.54) is 5.56 Å². The lowest BCUT2D eigenvalue weighted by atomic mass is 10.2. The minimum Gasteiger partial charge on any atom is -0.188 e. The van der Waals surface area contributed by atoms with Crippen LogP contribution in [-0.4, -0.2) is 26.0 Å². The standard InChI is InChI=1S/C16H14N4S/c1-3-8-14(9-4-1)10-7-13-21-16-17-18-19-20(16)15-11-5-2-6-12-15/h1-12H,13H2. The van der Waals surface area contributed by atoms with E-state index in [4.69, 9.17) is 0 Å². The van der Waals surface area contributed by atoms with Crippen molar-refractivity contribution in [1.82, 2.24) is 20.2 Å². The second-order valence-corrected chi connectivity index (χ2v) is 5.32. The Morgan fingerprint density at radius 1 is 0.952 bits per heavy atom. The van der Waals surface area contributed by atoms with Crippen LogP contribution in [0.1, 0.15) is 5.56 Å². The molecule has 0 aliphatic heterocycles. The third kappa shape index (κ3) is 3.58. The summed E-state index contributed by atoms with van der Waals surface area (Å²) in [6.45, 7) is 0. The van der Waals surface area contributed by atoms with E-state index in [0.29, 0.717) is 0 Å². The Morgan fingerprint density at radius 2 is 1.67 bits per heavy atom. The molecule has 0 spiro atoms. The first-order valence-corrected chi connectivity index (χ1v) is 7.60. The maximum atomic E-state index is 4.07. The smallest absolute Gasteiger partial charge is 0.188 e. The van der Waals surface area contributed by atoms with Crippen LogP contribution < -0.4 is 0 Å². The molecule has 3 rings (SSSR count). The summed E-state index contributed by atoms with van der Waals surface area (Å²) in [5.41, 5.74) is 2.16. The molecule has 21 heavy (non-hydrogen) atoms. The minimum atomic E-state index is 0.791. The number of thioether (sulfide) groups is 1. The lowest BCUT2D eigenvalue weighted by Crippen LogP contribution is -1.98. The van der Waals surface area contributed by atoms with Gasteiger partial charge in [0.05, 0.1) is 5.69 Å². The van der Waals surface area contributed by atoms with Crippen LogP contribution >= 0.6 is 11.8 Å². The topological polar surface area (TPSA) is 43.6 Å². The maximum absolute atomic E-state index is 4.07. The number of nitrogens with zero attached hydrogens (tertiary/aromatic N) is 4. The molecule has 5 heteroatoms. The normalized spacial score (nSPS) is 11.0. The number of aromatic nitrogens is 4. The van der Waals surface area contributed by atoms with Gasteiger partial charge in [0.15, 0.2) is 0 Å². The molecule has 1 aromatic heterocycles. The van der Waals surface area contributed by atoms with Crippen molar-refractivity contribution < 1.29 is 0 Å². The summed E-state index contributed by atoms with van der Waals surface area (Å²) in [5, 5.41) is 12.6. The molecule has 4 nitrogen and oxygen atoms in total. The Labute approximate surface area is 127 Å². The fraction of sp³-hybridized carbons (Fsp3) is 0.0625. The van der Waals surface area contributed by atoms with Gasteiger partial charge >= 0.3 is 0 Å². The molecule has 0 aliphatic carbocycles. The molecular weight excluding hydrogens is 280 g/mol. The molecule has 0 saturated heterocycles. The van der Waals surface area contributed by atoms with E-state index in [-0.39, 0.29) is 0 Å². The molecule has 1 heterocycles. The molecule has 0 aliphatic rings. The average molecular weight is 294 g/mol. The van der Waals surface area contributed by atoms with Crippen LogP contribution in [-0.2, 0) is 0 Å². The molecule has 104 valence electrons. The van der Waals surface area contributed by atoms with E-state index in [9.17, 15) is 0 Å². The van der Waals surface area contributed by atoms with Gasteiger partial charge in [-0.25, -0.2) is 0 Å². The van der Waals surface area contributed by atoms with E-state index in [0.717, 1.165) is 16.6 Å². The summed E-state index contributed by atoms with van der Waals surface area (Å²) in [6, 6.07) is 20.1. The monoisotopic (exact) mass is 294 g/mol. The number of hydrogen-bond acceptors (Lipinski definition) is 4. The molecule has 0 bridgehead atoms. The molecular formula is C16H14N4S. The SMILES string of the molecule is C(=Cc1ccccc1)CSc1nnnn1-c1ccccc1. The highest BCUT2D eigenvalue weighted by Crippen LogP contribution is 2.18. The maximum Gasteiger partial charge on any atom is 0.214 e. The zero-order valence-corrected chi connectivity index (χ0v) is 12.1. The van der Waals surface area contributed by atoms with Crippen LogP contribution in [0.2, 0.25) is 0 Å². The lowest BCUT2D eigenvalue weighted by Gasteiger charge is -2.02. The van der Waals surface area contributed by atoms with E-state index in [1.807, 2.05) is 48.5 Å². The summed E-state index contributed by atoms with van der Waals surface area (Å²) in [5.74, 6) is 0.822. The van der Waals surface area contributed by atoms with Crippen LogP contribution in [0, 0.1) is 0 Å². The Hall–Kier alpha value is -2.40. The predicted molar refractivity (Wildman–Crippen MR) is 85.4 cm³/mol. The second kappa shape index (κ2) is 6.85. The molecule has 0 radical (unpaired) electrons. The van der Waals surface area contributed by atoms with Crippen LogP contribution in [0.25, 0.3) is 11.8 Å². The van der Waals surface area contributed by atoms with Crippen molar-refractivity contribution in [1.29, 1.82) is 0 Å². The van der Waals surface area contributed by atoms with Gasteiger partial charge in [0.25, 0.3) is 0 Å². The van der Waals surface area contributed by atoms with Crippen molar-refractivity contribution in [2.75, 3.05) is 5.75 Å². The van der Waals surface area contributed by atoms with E-state index in [2.05, 4.69) is 39.8 Å². The lowest BCUT2D eigenvalue weighted by molar-refractivity contribution is 0.757. The Balaban J connectivity index is 1.65. The summed E-state index contributed by atoms with van der Waals surface area (Å²) in [7, 11) is 0. The third-order valence-electron chi connectivity index (χ3n) is 2.86. The van der Waals surface area contributed by atoms with Gasteiger partial charge in [0.1, 0.15) is 0 Å². The van der Waals surface area contributed by atoms with E-state index < -0.39 is 0 Å². The summed E-state index contributed by atoms with van der Waals surface area (Å²) < 4.78 is 1.75. The molecule has 0 fully saturated rings. The first kappa shape index (κ1) is 13.6. The fourth-order valence-corrected chi connectivity index (χ4v) is 2.57. The highest BCUT2D eigenvalue weighted by molar-refractivity contribution is 7.99. The Morgan fingerprint density at radius 3 is 2.43 bits per heavy atom. The molecule has 0 N–H and O–H groups in total. The largest absolute Gasteiger partial charge is 0.214 e. The molecule has 0 unspecified atom stereocenters. The quantitative estimate of drug-likeness (QED) is 0.676. The number of hydrogen-bond donors (Lipinski definition) is 0. The summed E-state index contributed by atoms with van der Waals surface area (Å²) in [4.78, 5) is 0. The highest BCUT2D eigenvalue weighted by atomic mass is 32.2. The Bertz CT molecular complexity index is 707. The van der Waals surface area contributed by atoms with Gasteiger partial charge in [-0.3, -0.25) is 0 Å². The van der Waals surface area contributed by atoms with Crippen molar-refractivity contribution in [3.05, 3.63) is 72.3 Å². The fourth-order valence-electron chi connectivity index (χ4n) is 1.87. The van der Waals surface area contributed by atoms with Gasteiger partial charge in [0, 0.05) is 5.75 Å². The van der Waals surface area contributed by atoms with E-state index in [1.54, 1.807) is 16.4 Å². The van der Waals surface area contributed by atoms with Gasteiger partial charge in [-0.05, 0) is 28.1 Å². The van der Waals surface area contributed by atoms with Crippen molar-refractivity contribution >= 4 is 17.8 Å². The molecule has 2 aromatic carbocycles. The molecule has 0 saturated carbocycles. The predicted octanol–water partition coefficient (Wildman–Crippen LogP) is 3.47. The van der Waals surface area contributed by atoms with Gasteiger partial charge in [-0.15, -0.1) is 5.10 Å². The molecule has 3 aromatic rings. The van der Waals surface area contributed by atoms with Crippen LogP contribution in [0.15, 0.2) is 71.9 Å². The molecule has 0 amide bonds. The van der Waals surface area contributed by atoms with Gasteiger partial charge in [0.2, 0.25) is 5.16 Å². The number of benzene rings is 2. The van der Waals surface area contributed by atoms with Gasteiger partial charge < -0.3 is 0 Å². The molecule has 0 atom stereocenters. The highest BCUT2D eigenvalue weighted by Gasteiger charge is 2.07. The van der Waals surface area contributed by atoms with Crippen molar-refractivity contribution in [2.45, 2.75) is 5.16 Å². The summed E-state index contributed by atoms with van der Waals surface area (Å²) >= 11 is 1.61. The van der Waals surface area contributed by atoms with Crippen molar-refractivity contribution in [2.24, 2.45) is 0 Å². The van der Waals surface area contributed by atoms with Gasteiger partial charge in [-0.1, -0.05) is 72.4 Å². The van der Waals surface area contributed by atoms with Crippen LogP contribution in [0.3, 0.4) is 0 Å². The first-order chi connectivity index (χ1) is 10.4. The summed E-state index contributed by atoms with van der Waals surface area (Å²) in [6.07, 6.45) is 4.22. The number of tetrazole rings is 1. The average Bonchev–Trinajstić information content (AvgIpc) is 3.02. The third-order valence-corrected chi connectivity index (χ3v) is 3.73. The first-order valence-electron chi connectivity index (χ1n) is 6.62. The number of rotatable bonds is 5. The zero-order valence-electron chi connectivity index (χ0n) is 11.3. The van der Waals surface area contributed by atoms with Crippen LogP contribution in [0.5, 0.6) is 0 Å². The minimum absolute atomic E-state index is 0.791. The Kier molecular flexibility index (Phi) is 4.43. The van der Waals surface area contributed by atoms with Crippen molar-refractivity contribution in [3.8, 4) is 5.69 Å². The second-order valence-electron chi connectivity index (χ2n) is 4.33. The zero-order chi connectivity index (χ0) is 14.3. The van der Waals surface area contributed by atoms with E-state index >= 15 is 0 Å². The van der Waals surface area contributed by atoms with Crippen molar-refractivity contribution in [3.63, 3.8) is 0 Å². The van der Waals surface area contributed by atoms with Gasteiger partial charge in [-0.2, -0.15) is 4.68 Å². The number of para-hydroxylation sites is 1. The van der Waals surface area contributed by atoms with Crippen LogP contribution in [0.4, 0.5) is 0 Å².